The Morgan fingerprint density at radius 3 is 2.83 bits per heavy atom. The smallest absolute Gasteiger partial charge is 0.163 e. The monoisotopic (exact) mass is 410 g/mol. The van der Waals surface area contributed by atoms with Crippen LogP contribution in [0.3, 0.4) is 0 Å². The van der Waals surface area contributed by atoms with Crippen LogP contribution >= 0.6 is 0 Å². The van der Waals surface area contributed by atoms with Crippen LogP contribution in [0.1, 0.15) is 43.9 Å². The first-order chi connectivity index (χ1) is 14.4. The molecule has 0 amide bonds. The summed E-state index contributed by atoms with van der Waals surface area (Å²) in [5.41, 5.74) is 2.77. The van der Waals surface area contributed by atoms with Gasteiger partial charge in [-0.05, 0) is 44.2 Å². The Hall–Kier alpha value is -2.22. The molecule has 2 aliphatic carbocycles. The highest BCUT2D eigenvalue weighted by Crippen LogP contribution is 2.44. The number of nitrogens with one attached hydrogen (secondary N) is 1. The van der Waals surface area contributed by atoms with Crippen LogP contribution < -0.4 is 10.2 Å². The summed E-state index contributed by atoms with van der Waals surface area (Å²) in [6.45, 7) is 3.97. The van der Waals surface area contributed by atoms with Gasteiger partial charge in [0.05, 0.1) is 18.2 Å². The van der Waals surface area contributed by atoms with Gasteiger partial charge in [-0.1, -0.05) is 24.3 Å². The van der Waals surface area contributed by atoms with Gasteiger partial charge in [0.1, 0.15) is 24.1 Å². The summed E-state index contributed by atoms with van der Waals surface area (Å²) in [4.78, 5) is 11.1. The molecule has 1 saturated carbocycles. The van der Waals surface area contributed by atoms with Gasteiger partial charge >= 0.3 is 0 Å². The first kappa shape index (κ1) is 19.7. The molecule has 0 spiro atoms. The molecule has 2 heterocycles. The van der Waals surface area contributed by atoms with Crippen molar-refractivity contribution in [2.45, 2.75) is 63.2 Å². The van der Waals surface area contributed by atoms with E-state index in [0.717, 1.165) is 30.9 Å². The topological polar surface area (TPSA) is 79.7 Å². The Morgan fingerprint density at radius 2 is 2.00 bits per heavy atom. The second-order valence-electron chi connectivity index (χ2n) is 9.12. The molecule has 1 aliphatic heterocycles. The van der Waals surface area contributed by atoms with E-state index in [1.165, 1.54) is 11.1 Å². The van der Waals surface area contributed by atoms with E-state index in [1.807, 2.05) is 27.0 Å². The van der Waals surface area contributed by atoms with Crippen LogP contribution in [0.5, 0.6) is 0 Å². The molecular weight excluding hydrogens is 380 g/mol. The van der Waals surface area contributed by atoms with Crippen molar-refractivity contribution in [1.29, 1.82) is 0 Å². The second-order valence-corrected chi connectivity index (χ2v) is 9.12. The van der Waals surface area contributed by atoms with Crippen LogP contribution in [0.15, 0.2) is 36.7 Å². The molecule has 2 N–H and O–H groups in total. The molecule has 30 heavy (non-hydrogen) atoms. The van der Waals surface area contributed by atoms with Crippen molar-refractivity contribution in [1.82, 2.24) is 9.97 Å². The van der Waals surface area contributed by atoms with Gasteiger partial charge < -0.3 is 24.8 Å². The zero-order valence-corrected chi connectivity index (χ0v) is 17.8. The molecule has 7 nitrogen and oxygen atoms in total. The molecule has 5 atom stereocenters. The minimum absolute atomic E-state index is 0.0682. The lowest BCUT2D eigenvalue weighted by Gasteiger charge is -2.31. The number of rotatable bonds is 5. The van der Waals surface area contributed by atoms with Gasteiger partial charge in [0.2, 0.25) is 0 Å². The minimum Gasteiger partial charge on any atom is -0.396 e. The van der Waals surface area contributed by atoms with Gasteiger partial charge in [-0.3, -0.25) is 0 Å². The lowest BCUT2D eigenvalue weighted by atomic mass is 10.1. The number of likely N-dealkylation sites (N-methyl/N-ethyl adjacent to an activating group) is 1. The van der Waals surface area contributed by atoms with Gasteiger partial charge in [-0.15, -0.1) is 0 Å². The Bertz CT molecular complexity index is 921. The average molecular weight is 411 g/mol. The molecule has 0 unspecified atom stereocenters. The first-order valence-corrected chi connectivity index (χ1v) is 10.8. The Labute approximate surface area is 177 Å². The van der Waals surface area contributed by atoms with E-state index < -0.39 is 5.79 Å². The fraction of sp³-hybridized carbons (Fsp3) is 0.565. The van der Waals surface area contributed by atoms with Crippen molar-refractivity contribution < 1.29 is 14.6 Å². The number of ether oxygens (including phenoxy) is 2. The number of fused-ring (bicyclic) bond motifs is 2. The fourth-order valence-electron chi connectivity index (χ4n) is 5.29. The van der Waals surface area contributed by atoms with Crippen molar-refractivity contribution in [3.63, 3.8) is 0 Å². The van der Waals surface area contributed by atoms with Crippen molar-refractivity contribution in [2.24, 2.45) is 5.92 Å². The predicted molar refractivity (Wildman–Crippen MR) is 114 cm³/mol. The molecule has 0 radical (unpaired) electrons. The van der Waals surface area contributed by atoms with Gasteiger partial charge in [-0.25, -0.2) is 9.97 Å². The van der Waals surface area contributed by atoms with Crippen LogP contribution in [0.2, 0.25) is 0 Å². The normalized spacial score (nSPS) is 31.4. The van der Waals surface area contributed by atoms with Gasteiger partial charge in [-0.2, -0.15) is 0 Å². The van der Waals surface area contributed by atoms with Crippen LogP contribution in [0, 0.1) is 5.92 Å². The molecule has 2 aromatic rings. The van der Waals surface area contributed by atoms with Crippen LogP contribution in [-0.2, 0) is 15.9 Å². The van der Waals surface area contributed by atoms with Crippen LogP contribution in [-0.4, -0.2) is 52.8 Å². The van der Waals surface area contributed by atoms with Gasteiger partial charge in [0.25, 0.3) is 0 Å². The average Bonchev–Trinajstić information content (AvgIpc) is 3.38. The Morgan fingerprint density at radius 1 is 1.20 bits per heavy atom. The van der Waals surface area contributed by atoms with E-state index in [2.05, 4.69) is 44.5 Å². The summed E-state index contributed by atoms with van der Waals surface area (Å²) in [6, 6.07) is 11.0. The van der Waals surface area contributed by atoms with Crippen LogP contribution in [0.25, 0.3) is 0 Å². The first-order valence-electron chi connectivity index (χ1n) is 10.8. The molecule has 160 valence electrons. The second kappa shape index (κ2) is 7.48. The van der Waals surface area contributed by atoms with E-state index in [0.29, 0.717) is 0 Å². The highest BCUT2D eigenvalue weighted by molar-refractivity contribution is 5.51. The number of benzene rings is 1. The maximum atomic E-state index is 9.85. The standard InChI is InChI=1S/C23H30N4O3/c1-23(2)29-21-15(12-28)10-18(22(21)30-23)27(3)20-11-19(24-13-25-20)26-17-9-8-14-6-4-5-7-16(14)17/h4-7,11,13,15,17-18,21-22,28H,8-10,12H2,1-3H3,(H,24,25,26)/t15-,17+,18-,21-,22+/m1/s1. The Kier molecular flexibility index (Phi) is 4.92. The largest absolute Gasteiger partial charge is 0.396 e. The van der Waals surface area contributed by atoms with Crippen LogP contribution in [0.4, 0.5) is 11.6 Å². The number of aryl methyl sites for hydroxylation is 1. The van der Waals surface area contributed by atoms with Gasteiger partial charge in [0.15, 0.2) is 5.79 Å². The number of aliphatic hydroxyl groups is 1. The van der Waals surface area contributed by atoms with Crippen molar-refractivity contribution in [3.8, 4) is 0 Å². The summed E-state index contributed by atoms with van der Waals surface area (Å²) in [5, 5.41) is 13.4. The summed E-state index contributed by atoms with van der Waals surface area (Å²) in [7, 11) is 2.03. The molecule has 1 saturated heterocycles. The number of aliphatic hydroxyl groups excluding tert-OH is 1. The van der Waals surface area contributed by atoms with Crippen molar-refractivity contribution in [3.05, 3.63) is 47.8 Å². The molecule has 3 aliphatic rings. The fourth-order valence-corrected chi connectivity index (χ4v) is 5.29. The minimum atomic E-state index is -0.628. The van der Waals surface area contributed by atoms with E-state index in [9.17, 15) is 5.11 Å². The zero-order valence-electron chi connectivity index (χ0n) is 17.8. The summed E-state index contributed by atoms with van der Waals surface area (Å²) in [5.74, 6) is 1.11. The number of hydrogen-bond donors (Lipinski definition) is 2. The third-order valence-electron chi connectivity index (χ3n) is 6.75. The van der Waals surface area contributed by atoms with Crippen molar-refractivity contribution in [2.75, 3.05) is 23.9 Å². The van der Waals surface area contributed by atoms with Gasteiger partial charge in [0, 0.05) is 25.6 Å². The number of nitrogens with zero attached hydrogens (tertiary/aromatic N) is 3. The molecule has 1 aromatic carbocycles. The maximum absolute atomic E-state index is 9.85. The number of aromatic nitrogens is 2. The van der Waals surface area contributed by atoms with E-state index in [-0.39, 0.29) is 36.8 Å². The quantitative estimate of drug-likeness (QED) is 0.785. The molecule has 0 bridgehead atoms. The molecule has 5 rings (SSSR count). The predicted octanol–water partition coefficient (Wildman–Crippen LogP) is 2.91. The summed E-state index contributed by atoms with van der Waals surface area (Å²) >= 11 is 0. The highest BCUT2D eigenvalue weighted by Gasteiger charge is 2.55. The molecule has 1 aromatic heterocycles. The molecule has 7 heteroatoms. The summed E-state index contributed by atoms with van der Waals surface area (Å²) < 4.78 is 12.3. The lowest BCUT2D eigenvalue weighted by Crippen LogP contribution is -2.41. The van der Waals surface area contributed by atoms with Crippen molar-refractivity contribution >= 4 is 11.6 Å². The van der Waals surface area contributed by atoms with E-state index in [1.54, 1.807) is 6.33 Å². The van der Waals surface area contributed by atoms with E-state index >= 15 is 0 Å². The third kappa shape index (κ3) is 3.45. The third-order valence-corrected chi connectivity index (χ3v) is 6.75. The lowest BCUT2D eigenvalue weighted by molar-refractivity contribution is -0.159. The highest BCUT2D eigenvalue weighted by atomic mass is 16.8. The molecule has 2 fully saturated rings. The maximum Gasteiger partial charge on any atom is 0.163 e. The number of hydrogen-bond acceptors (Lipinski definition) is 7. The number of anilines is 2. The molecular formula is C23H30N4O3. The zero-order chi connectivity index (χ0) is 20.9. The Balaban J connectivity index is 1.34. The van der Waals surface area contributed by atoms with E-state index in [4.69, 9.17) is 9.47 Å². The SMILES string of the molecule is CN(c1cc(N[C@H]2CCc3ccccc32)ncn1)[C@@H]1C[C@H](CO)[C@H]2OC(C)(C)O[C@H]21. The summed E-state index contributed by atoms with van der Waals surface area (Å²) in [6.07, 6.45) is 4.40.